The molecule has 9 heteroatoms. The zero-order valence-electron chi connectivity index (χ0n) is 15.5. The van der Waals surface area contributed by atoms with E-state index in [-0.39, 0.29) is 36.6 Å². The normalized spacial score (nSPS) is 11.6. The minimum atomic E-state index is -0.766. The lowest BCUT2D eigenvalue weighted by molar-refractivity contribution is -0.137. The minimum absolute atomic E-state index is 0.124. The van der Waals surface area contributed by atoms with Crippen molar-refractivity contribution in [3.8, 4) is 0 Å². The molecule has 0 saturated carbocycles. The monoisotopic (exact) mass is 469 g/mol. The van der Waals surface area contributed by atoms with Crippen molar-refractivity contribution in [3.05, 3.63) is 56.4 Å². The maximum absolute atomic E-state index is 12.9. The molecule has 0 aliphatic heterocycles. The van der Waals surface area contributed by atoms with Gasteiger partial charge in [-0.05, 0) is 59.6 Å². The van der Waals surface area contributed by atoms with Gasteiger partial charge in [0.25, 0.3) is 5.91 Å². The maximum Gasteiger partial charge on any atom is 0.262 e. The van der Waals surface area contributed by atoms with Gasteiger partial charge in [0.15, 0.2) is 0 Å². The molecule has 1 aromatic carbocycles. The maximum atomic E-state index is 12.9. The van der Waals surface area contributed by atoms with Crippen LogP contribution in [0, 0.1) is 5.82 Å². The molecular weight excluding hydrogens is 449 g/mol. The van der Waals surface area contributed by atoms with E-state index >= 15 is 0 Å². The molecule has 150 valence electrons. The molecule has 0 radical (unpaired) electrons. The van der Waals surface area contributed by atoms with Crippen molar-refractivity contribution < 1.29 is 18.8 Å². The summed E-state index contributed by atoms with van der Waals surface area (Å²) in [5.74, 6) is -1.36. The number of halogens is 2. The second-order valence-corrected chi connectivity index (χ2v) is 8.52. The first-order valence-corrected chi connectivity index (χ1v) is 10.3. The van der Waals surface area contributed by atoms with Crippen molar-refractivity contribution in [2.45, 2.75) is 26.4 Å². The van der Waals surface area contributed by atoms with Crippen LogP contribution in [-0.4, -0.2) is 41.8 Å². The summed E-state index contributed by atoms with van der Waals surface area (Å²) in [6.07, 6.45) is 0. The Bertz CT molecular complexity index is 841. The Hall–Kier alpha value is -2.26. The first-order chi connectivity index (χ1) is 13.3. The van der Waals surface area contributed by atoms with E-state index < -0.39 is 6.04 Å². The van der Waals surface area contributed by atoms with Gasteiger partial charge in [-0.15, -0.1) is 11.3 Å². The number of nitrogens with zero attached hydrogens (tertiary/aromatic N) is 1. The number of benzene rings is 1. The highest BCUT2D eigenvalue weighted by Gasteiger charge is 2.23. The third kappa shape index (κ3) is 6.42. The molecule has 1 heterocycles. The fourth-order valence-corrected chi connectivity index (χ4v) is 3.71. The minimum Gasteiger partial charge on any atom is -0.350 e. The van der Waals surface area contributed by atoms with Crippen LogP contribution in [0.5, 0.6) is 0 Å². The topological polar surface area (TPSA) is 78.5 Å². The van der Waals surface area contributed by atoms with E-state index in [0.717, 1.165) is 9.35 Å². The number of likely N-dealkylation sites (N-methyl/N-ethyl adjacent to an activating group) is 1. The zero-order chi connectivity index (χ0) is 20.7. The Labute approximate surface area is 175 Å². The fourth-order valence-electron chi connectivity index (χ4n) is 2.42. The van der Waals surface area contributed by atoms with Gasteiger partial charge in [0.1, 0.15) is 11.9 Å². The van der Waals surface area contributed by atoms with Crippen LogP contribution in [0.1, 0.15) is 29.1 Å². The average Bonchev–Trinajstić information content (AvgIpc) is 3.11. The summed E-state index contributed by atoms with van der Waals surface area (Å²) >= 11 is 4.56. The van der Waals surface area contributed by atoms with Crippen molar-refractivity contribution in [2.24, 2.45) is 0 Å². The van der Waals surface area contributed by atoms with Gasteiger partial charge in [-0.3, -0.25) is 14.4 Å². The van der Waals surface area contributed by atoms with Gasteiger partial charge in [0.05, 0.1) is 15.2 Å². The van der Waals surface area contributed by atoms with E-state index in [1.807, 2.05) is 0 Å². The zero-order valence-corrected chi connectivity index (χ0v) is 17.9. The van der Waals surface area contributed by atoms with E-state index in [0.29, 0.717) is 11.4 Å². The highest BCUT2D eigenvalue weighted by molar-refractivity contribution is 9.11. The van der Waals surface area contributed by atoms with E-state index in [4.69, 9.17) is 0 Å². The number of carbonyl (C=O) groups excluding carboxylic acids is 3. The predicted octanol–water partition coefficient (Wildman–Crippen LogP) is 2.93. The summed E-state index contributed by atoms with van der Waals surface area (Å²) < 4.78 is 13.7. The summed E-state index contributed by atoms with van der Waals surface area (Å²) in [7, 11) is 0. The average molecular weight is 470 g/mol. The molecule has 0 fully saturated rings. The van der Waals surface area contributed by atoms with Gasteiger partial charge in [-0.1, -0.05) is 12.1 Å². The van der Waals surface area contributed by atoms with E-state index in [1.165, 1.54) is 28.4 Å². The summed E-state index contributed by atoms with van der Waals surface area (Å²) in [6, 6.07) is 8.47. The number of hydrogen-bond donors (Lipinski definition) is 2. The fraction of sp³-hybridized carbons (Fsp3) is 0.316. The molecule has 0 bridgehead atoms. The van der Waals surface area contributed by atoms with Crippen molar-refractivity contribution in [2.75, 3.05) is 13.1 Å². The Morgan fingerprint density at radius 3 is 2.43 bits per heavy atom. The molecule has 6 nitrogen and oxygen atoms in total. The van der Waals surface area contributed by atoms with Crippen molar-refractivity contribution in [1.82, 2.24) is 15.5 Å². The van der Waals surface area contributed by atoms with E-state index in [9.17, 15) is 18.8 Å². The number of carbonyl (C=O) groups is 3. The SMILES string of the molecule is CCN(CC(=O)NCc1ccc(F)cc1)C(=O)C(C)NC(=O)c1ccc(Br)s1. The molecule has 0 aliphatic carbocycles. The number of rotatable bonds is 8. The summed E-state index contributed by atoms with van der Waals surface area (Å²) in [5, 5.41) is 5.35. The van der Waals surface area contributed by atoms with Crippen molar-refractivity contribution in [1.29, 1.82) is 0 Å². The van der Waals surface area contributed by atoms with Gasteiger partial charge in [-0.2, -0.15) is 0 Å². The summed E-state index contributed by atoms with van der Waals surface area (Å²) in [6.45, 7) is 3.79. The van der Waals surface area contributed by atoms with Crippen LogP contribution >= 0.6 is 27.3 Å². The van der Waals surface area contributed by atoms with Crippen LogP contribution in [0.3, 0.4) is 0 Å². The molecule has 3 amide bonds. The summed E-state index contributed by atoms with van der Waals surface area (Å²) in [4.78, 5) is 38.8. The second kappa shape index (κ2) is 10.3. The van der Waals surface area contributed by atoms with Gasteiger partial charge < -0.3 is 15.5 Å². The number of nitrogens with one attached hydrogen (secondary N) is 2. The second-order valence-electron chi connectivity index (χ2n) is 6.05. The molecule has 1 unspecified atom stereocenters. The van der Waals surface area contributed by atoms with Gasteiger partial charge in [0.2, 0.25) is 11.8 Å². The van der Waals surface area contributed by atoms with Gasteiger partial charge >= 0.3 is 0 Å². The van der Waals surface area contributed by atoms with Gasteiger partial charge in [0, 0.05) is 13.1 Å². The van der Waals surface area contributed by atoms with Crippen LogP contribution < -0.4 is 10.6 Å². The molecule has 2 rings (SSSR count). The Balaban J connectivity index is 1.86. The standard InChI is InChI=1S/C19H21BrFN3O3S/c1-3-24(11-17(25)22-10-13-4-6-14(21)7-5-13)19(27)12(2)23-18(26)15-8-9-16(20)28-15/h4-9,12H,3,10-11H2,1-2H3,(H,22,25)(H,23,26). The van der Waals surface area contributed by atoms with Crippen molar-refractivity contribution >= 4 is 45.0 Å². The molecule has 0 spiro atoms. The first kappa shape index (κ1) is 22.0. The molecule has 28 heavy (non-hydrogen) atoms. The molecule has 0 aliphatic rings. The highest BCUT2D eigenvalue weighted by Crippen LogP contribution is 2.21. The number of amides is 3. The van der Waals surface area contributed by atoms with Crippen LogP contribution in [-0.2, 0) is 16.1 Å². The quantitative estimate of drug-likeness (QED) is 0.623. The van der Waals surface area contributed by atoms with Crippen LogP contribution in [0.15, 0.2) is 40.2 Å². The van der Waals surface area contributed by atoms with Crippen LogP contribution in [0.2, 0.25) is 0 Å². The molecule has 2 aromatic rings. The molecule has 0 saturated heterocycles. The lowest BCUT2D eigenvalue weighted by Gasteiger charge is -2.24. The molecule has 1 atom stereocenters. The lowest BCUT2D eigenvalue weighted by atomic mass is 10.2. The Morgan fingerprint density at radius 1 is 1.18 bits per heavy atom. The Kier molecular flexibility index (Phi) is 8.13. The molecule has 2 N–H and O–H groups in total. The number of hydrogen-bond acceptors (Lipinski definition) is 4. The predicted molar refractivity (Wildman–Crippen MR) is 109 cm³/mol. The van der Waals surface area contributed by atoms with E-state index in [1.54, 1.807) is 38.1 Å². The smallest absolute Gasteiger partial charge is 0.262 e. The third-order valence-electron chi connectivity index (χ3n) is 3.95. The van der Waals surface area contributed by atoms with Crippen LogP contribution in [0.4, 0.5) is 4.39 Å². The van der Waals surface area contributed by atoms with Crippen LogP contribution in [0.25, 0.3) is 0 Å². The van der Waals surface area contributed by atoms with Gasteiger partial charge in [-0.25, -0.2) is 4.39 Å². The lowest BCUT2D eigenvalue weighted by Crippen LogP contribution is -2.49. The largest absolute Gasteiger partial charge is 0.350 e. The highest BCUT2D eigenvalue weighted by atomic mass is 79.9. The summed E-state index contributed by atoms with van der Waals surface area (Å²) in [5.41, 5.74) is 0.756. The number of thiophene rings is 1. The molecular formula is C19H21BrFN3O3S. The van der Waals surface area contributed by atoms with E-state index in [2.05, 4.69) is 26.6 Å². The third-order valence-corrected chi connectivity index (χ3v) is 5.57. The first-order valence-electron chi connectivity index (χ1n) is 8.66. The molecule has 1 aromatic heterocycles. The Morgan fingerprint density at radius 2 is 1.86 bits per heavy atom. The van der Waals surface area contributed by atoms with Crippen molar-refractivity contribution in [3.63, 3.8) is 0 Å².